The first-order chi connectivity index (χ1) is 18.9. The van der Waals surface area contributed by atoms with Crippen LogP contribution in [0.5, 0.6) is 5.75 Å². The van der Waals surface area contributed by atoms with Crippen LogP contribution < -0.4 is 4.74 Å². The summed E-state index contributed by atoms with van der Waals surface area (Å²) < 4.78 is 5.92. The molecule has 0 bridgehead atoms. The molecular formula is C33H38N2O4. The summed E-state index contributed by atoms with van der Waals surface area (Å²) in [5.41, 5.74) is 4.81. The van der Waals surface area contributed by atoms with Crippen molar-refractivity contribution in [2.75, 3.05) is 26.2 Å². The third-order valence-corrected chi connectivity index (χ3v) is 7.41. The minimum atomic E-state index is -0.656. The van der Waals surface area contributed by atoms with E-state index in [9.17, 15) is 14.7 Å². The zero-order chi connectivity index (χ0) is 27.9. The van der Waals surface area contributed by atoms with Crippen molar-refractivity contribution in [1.82, 2.24) is 9.80 Å². The number of likely N-dealkylation sites (tertiary alicyclic amines) is 1. The molecule has 0 saturated carbocycles. The highest BCUT2D eigenvalue weighted by molar-refractivity contribution is 6.46. The number of Topliss-reactive ketones (excluding diaryl/α,β-unsaturated/α-hetero) is 1. The van der Waals surface area contributed by atoms with Gasteiger partial charge in [0.05, 0.1) is 11.6 Å². The van der Waals surface area contributed by atoms with Gasteiger partial charge in [-0.1, -0.05) is 74.9 Å². The fourth-order valence-corrected chi connectivity index (χ4v) is 5.01. The van der Waals surface area contributed by atoms with Crippen LogP contribution in [0.4, 0.5) is 0 Å². The predicted molar refractivity (Wildman–Crippen MR) is 155 cm³/mol. The van der Waals surface area contributed by atoms with Gasteiger partial charge >= 0.3 is 0 Å². The molecule has 1 aliphatic rings. The maximum Gasteiger partial charge on any atom is 0.295 e. The fourth-order valence-electron chi connectivity index (χ4n) is 5.01. The van der Waals surface area contributed by atoms with Crippen LogP contribution in [-0.4, -0.2) is 52.8 Å². The van der Waals surface area contributed by atoms with Crippen LogP contribution in [0.25, 0.3) is 5.76 Å². The van der Waals surface area contributed by atoms with Gasteiger partial charge in [-0.3, -0.25) is 9.59 Å². The quantitative estimate of drug-likeness (QED) is 0.191. The Bertz CT molecular complexity index is 1320. The molecule has 0 radical (unpaired) electrons. The van der Waals surface area contributed by atoms with Gasteiger partial charge in [0, 0.05) is 18.7 Å². The van der Waals surface area contributed by atoms with E-state index in [1.807, 2.05) is 49.4 Å². The second kappa shape index (κ2) is 12.8. The van der Waals surface area contributed by atoms with Crippen molar-refractivity contribution in [3.63, 3.8) is 0 Å². The number of nitrogens with zero attached hydrogens (tertiary/aromatic N) is 2. The van der Waals surface area contributed by atoms with Gasteiger partial charge in [0.25, 0.3) is 11.7 Å². The first kappa shape index (κ1) is 28.1. The lowest BCUT2D eigenvalue weighted by molar-refractivity contribution is -0.140. The highest BCUT2D eigenvalue weighted by Gasteiger charge is 2.45. The highest BCUT2D eigenvalue weighted by Crippen LogP contribution is 2.39. The van der Waals surface area contributed by atoms with Gasteiger partial charge in [-0.25, -0.2) is 0 Å². The van der Waals surface area contributed by atoms with Crippen LogP contribution >= 0.6 is 0 Å². The molecule has 6 heteroatoms. The number of aryl methyl sites for hydroxylation is 2. The van der Waals surface area contributed by atoms with E-state index < -0.39 is 17.7 Å². The lowest BCUT2D eigenvalue weighted by Crippen LogP contribution is -2.38. The number of ether oxygens (including phenoxy) is 1. The van der Waals surface area contributed by atoms with Crippen molar-refractivity contribution < 1.29 is 19.4 Å². The first-order valence-corrected chi connectivity index (χ1v) is 13.7. The van der Waals surface area contributed by atoms with E-state index in [-0.39, 0.29) is 11.3 Å². The van der Waals surface area contributed by atoms with Gasteiger partial charge < -0.3 is 19.6 Å². The van der Waals surface area contributed by atoms with Crippen LogP contribution in [0.1, 0.15) is 54.6 Å². The van der Waals surface area contributed by atoms with Crippen LogP contribution in [0.15, 0.2) is 78.4 Å². The summed E-state index contributed by atoms with van der Waals surface area (Å²) in [6, 6.07) is 22.4. The molecule has 0 spiro atoms. The maximum atomic E-state index is 13.3. The third kappa shape index (κ3) is 6.40. The SMILES string of the molecule is CCc1ccc(C2C(=C(O)c3ccc(OCc4cccc(C)c4)cc3)C(=O)C(=O)N2CCN(CC)CC)cc1. The molecule has 0 aromatic heterocycles. The van der Waals surface area contributed by atoms with Gasteiger partial charge in [-0.15, -0.1) is 0 Å². The largest absolute Gasteiger partial charge is 0.507 e. The predicted octanol–water partition coefficient (Wildman–Crippen LogP) is 5.90. The number of amides is 1. The Hall–Kier alpha value is -3.90. The third-order valence-electron chi connectivity index (χ3n) is 7.41. The van der Waals surface area contributed by atoms with Crippen molar-refractivity contribution in [1.29, 1.82) is 0 Å². The van der Waals surface area contributed by atoms with Crippen molar-refractivity contribution in [3.8, 4) is 5.75 Å². The molecule has 3 aromatic carbocycles. The summed E-state index contributed by atoms with van der Waals surface area (Å²) in [6.07, 6.45) is 0.890. The van der Waals surface area contributed by atoms with Crippen LogP contribution in [0.2, 0.25) is 0 Å². The minimum Gasteiger partial charge on any atom is -0.507 e. The molecule has 0 aliphatic carbocycles. The van der Waals surface area contributed by atoms with E-state index in [0.717, 1.165) is 30.6 Å². The zero-order valence-electron chi connectivity index (χ0n) is 23.3. The summed E-state index contributed by atoms with van der Waals surface area (Å²) in [6.45, 7) is 11.5. The van der Waals surface area contributed by atoms with Crippen molar-refractivity contribution >= 4 is 17.4 Å². The summed E-state index contributed by atoms with van der Waals surface area (Å²) in [4.78, 5) is 30.4. The Morgan fingerprint density at radius 3 is 2.23 bits per heavy atom. The Kier molecular flexibility index (Phi) is 9.20. The lowest BCUT2D eigenvalue weighted by atomic mass is 9.94. The number of aliphatic hydroxyl groups excluding tert-OH is 1. The Labute approximate surface area is 231 Å². The van der Waals surface area contributed by atoms with Gasteiger partial charge in [0.1, 0.15) is 18.1 Å². The number of aliphatic hydroxyl groups is 1. The average Bonchev–Trinajstić information content (AvgIpc) is 3.21. The van der Waals surface area contributed by atoms with Gasteiger partial charge in [0.15, 0.2) is 0 Å². The monoisotopic (exact) mass is 526 g/mol. The molecule has 4 rings (SSSR count). The van der Waals surface area contributed by atoms with E-state index in [2.05, 4.69) is 31.7 Å². The molecule has 1 fully saturated rings. The molecule has 1 amide bonds. The Morgan fingerprint density at radius 2 is 1.62 bits per heavy atom. The number of ketones is 1. The second-order valence-electron chi connectivity index (χ2n) is 9.92. The molecule has 6 nitrogen and oxygen atoms in total. The molecule has 1 N–H and O–H groups in total. The van der Waals surface area contributed by atoms with Crippen LogP contribution in [0.3, 0.4) is 0 Å². The standard InChI is InChI=1S/C33H38N2O4/c1-5-24-11-13-26(14-12-24)30-29(32(37)33(38)35(30)20-19-34(6-2)7-3)31(36)27-15-17-28(18-16-27)39-22-25-10-8-9-23(4)21-25/h8-18,21,30,36H,5-7,19-20,22H2,1-4H3. The average molecular weight is 527 g/mol. The zero-order valence-corrected chi connectivity index (χ0v) is 23.3. The molecule has 1 saturated heterocycles. The number of hydrogen-bond donors (Lipinski definition) is 1. The summed E-state index contributed by atoms with van der Waals surface area (Å²) in [5.74, 6) is -0.754. The summed E-state index contributed by atoms with van der Waals surface area (Å²) in [5, 5.41) is 11.4. The van der Waals surface area contributed by atoms with Gasteiger partial charge in [-0.05, 0) is 67.4 Å². The molecule has 1 heterocycles. The minimum absolute atomic E-state index is 0.122. The number of likely N-dealkylation sites (N-methyl/N-ethyl adjacent to an activating group) is 1. The van der Waals surface area contributed by atoms with E-state index in [4.69, 9.17) is 4.74 Å². The number of hydrogen-bond acceptors (Lipinski definition) is 5. The van der Waals surface area contributed by atoms with E-state index >= 15 is 0 Å². The number of benzene rings is 3. The Morgan fingerprint density at radius 1 is 0.923 bits per heavy atom. The highest BCUT2D eigenvalue weighted by atomic mass is 16.5. The number of rotatable bonds is 11. The smallest absolute Gasteiger partial charge is 0.295 e. The molecule has 204 valence electrons. The summed E-state index contributed by atoms with van der Waals surface area (Å²) in [7, 11) is 0. The number of carbonyl (C=O) groups is 2. The molecule has 3 aromatic rings. The van der Waals surface area contributed by atoms with Crippen LogP contribution in [0, 0.1) is 6.92 Å². The first-order valence-electron chi connectivity index (χ1n) is 13.7. The summed E-state index contributed by atoms with van der Waals surface area (Å²) >= 11 is 0. The normalized spacial score (nSPS) is 16.7. The molecular weight excluding hydrogens is 488 g/mol. The lowest BCUT2D eigenvalue weighted by Gasteiger charge is -2.28. The molecule has 1 unspecified atom stereocenters. The van der Waals surface area contributed by atoms with Gasteiger partial charge in [-0.2, -0.15) is 0 Å². The van der Waals surface area contributed by atoms with Crippen molar-refractivity contribution in [2.45, 2.75) is 46.8 Å². The number of carbonyl (C=O) groups excluding carboxylic acids is 2. The molecule has 1 atom stereocenters. The maximum absolute atomic E-state index is 13.3. The van der Waals surface area contributed by atoms with Crippen LogP contribution in [-0.2, 0) is 22.6 Å². The topological polar surface area (TPSA) is 70.1 Å². The van der Waals surface area contributed by atoms with Crippen molar-refractivity contribution in [2.24, 2.45) is 0 Å². The van der Waals surface area contributed by atoms with E-state index in [0.29, 0.717) is 31.0 Å². The fraction of sp³-hybridized carbons (Fsp3) is 0.333. The second-order valence-corrected chi connectivity index (χ2v) is 9.92. The van der Waals surface area contributed by atoms with Crippen molar-refractivity contribution in [3.05, 3.63) is 106 Å². The van der Waals surface area contributed by atoms with E-state index in [1.165, 1.54) is 11.1 Å². The molecule has 39 heavy (non-hydrogen) atoms. The van der Waals surface area contributed by atoms with E-state index in [1.54, 1.807) is 29.2 Å². The van der Waals surface area contributed by atoms with Gasteiger partial charge in [0.2, 0.25) is 0 Å². The molecule has 1 aliphatic heterocycles. The Balaban J connectivity index is 1.64.